The van der Waals surface area contributed by atoms with Crippen LogP contribution in [0.1, 0.15) is 19.3 Å². The van der Waals surface area contributed by atoms with Crippen LogP contribution in [-0.2, 0) is 9.59 Å². The van der Waals surface area contributed by atoms with Crippen LogP contribution in [0.25, 0.3) is 0 Å². The zero-order valence-corrected chi connectivity index (χ0v) is 11.9. The fourth-order valence-electron chi connectivity index (χ4n) is 1.62. The molecule has 102 valence electrons. The van der Waals surface area contributed by atoms with Gasteiger partial charge in [-0.05, 0) is 37.1 Å². The molecule has 0 aromatic heterocycles. The Morgan fingerprint density at radius 2 is 1.89 bits per heavy atom. The largest absolute Gasteiger partial charge is 0.273 e. The minimum absolute atomic E-state index is 0.0734. The Balaban J connectivity index is 1.66. The van der Waals surface area contributed by atoms with Crippen LogP contribution in [0.15, 0.2) is 29.2 Å². The lowest BCUT2D eigenvalue weighted by Gasteiger charge is -2.23. The molecule has 1 saturated carbocycles. The summed E-state index contributed by atoms with van der Waals surface area (Å²) in [5, 5.41) is 0.668. The van der Waals surface area contributed by atoms with Crippen molar-refractivity contribution >= 4 is 35.2 Å². The van der Waals surface area contributed by atoms with Gasteiger partial charge >= 0.3 is 0 Å². The summed E-state index contributed by atoms with van der Waals surface area (Å²) in [7, 11) is 0. The van der Waals surface area contributed by atoms with Crippen LogP contribution in [0.3, 0.4) is 0 Å². The molecule has 1 fully saturated rings. The average Bonchev–Trinajstić information content (AvgIpc) is 2.33. The van der Waals surface area contributed by atoms with Gasteiger partial charge in [0.05, 0.1) is 5.75 Å². The Morgan fingerprint density at radius 1 is 1.21 bits per heavy atom. The first-order valence-electron chi connectivity index (χ1n) is 6.12. The maximum Gasteiger partial charge on any atom is 0.248 e. The van der Waals surface area contributed by atoms with Gasteiger partial charge in [0.1, 0.15) is 0 Å². The molecule has 0 spiro atoms. The molecule has 0 bridgehead atoms. The second kappa shape index (κ2) is 6.82. The van der Waals surface area contributed by atoms with E-state index in [1.54, 1.807) is 12.1 Å². The predicted molar refractivity (Wildman–Crippen MR) is 75.8 cm³/mol. The summed E-state index contributed by atoms with van der Waals surface area (Å²) in [4.78, 5) is 24.0. The van der Waals surface area contributed by atoms with E-state index in [1.165, 1.54) is 11.8 Å². The number of thioether (sulfide) groups is 1. The summed E-state index contributed by atoms with van der Waals surface area (Å²) in [6.07, 6.45) is 2.93. The third kappa shape index (κ3) is 4.44. The number of hydrazine groups is 1. The van der Waals surface area contributed by atoms with E-state index in [0.29, 0.717) is 5.02 Å². The van der Waals surface area contributed by atoms with Gasteiger partial charge in [0.2, 0.25) is 11.8 Å². The number of hydrogen-bond acceptors (Lipinski definition) is 3. The number of rotatable bonds is 4. The number of carbonyl (C=O) groups is 2. The lowest BCUT2D eigenvalue weighted by molar-refractivity contribution is -0.132. The van der Waals surface area contributed by atoms with Gasteiger partial charge in [-0.2, -0.15) is 0 Å². The Morgan fingerprint density at radius 3 is 2.47 bits per heavy atom. The lowest BCUT2D eigenvalue weighted by Crippen LogP contribution is -2.46. The summed E-state index contributed by atoms with van der Waals surface area (Å²) < 4.78 is 0. The summed E-state index contributed by atoms with van der Waals surface area (Å²) >= 11 is 7.17. The van der Waals surface area contributed by atoms with Gasteiger partial charge in [-0.3, -0.25) is 20.4 Å². The van der Waals surface area contributed by atoms with Crippen molar-refractivity contribution in [1.82, 2.24) is 10.9 Å². The average molecular weight is 299 g/mol. The first kappa shape index (κ1) is 14.2. The number of hydrogen-bond donors (Lipinski definition) is 2. The molecule has 1 aromatic rings. The molecular weight excluding hydrogens is 284 g/mol. The van der Waals surface area contributed by atoms with Gasteiger partial charge in [-0.15, -0.1) is 11.8 Å². The zero-order valence-electron chi connectivity index (χ0n) is 10.3. The van der Waals surface area contributed by atoms with Gasteiger partial charge in [0, 0.05) is 15.8 Å². The van der Waals surface area contributed by atoms with Gasteiger partial charge in [-0.1, -0.05) is 18.0 Å². The van der Waals surface area contributed by atoms with Gasteiger partial charge in [0.15, 0.2) is 0 Å². The van der Waals surface area contributed by atoms with Crippen molar-refractivity contribution in [3.8, 4) is 0 Å². The van der Waals surface area contributed by atoms with Crippen LogP contribution in [0.4, 0.5) is 0 Å². The van der Waals surface area contributed by atoms with Crippen molar-refractivity contribution in [2.45, 2.75) is 24.2 Å². The summed E-state index contributed by atoms with van der Waals surface area (Å²) in [6, 6.07) is 7.26. The first-order chi connectivity index (χ1) is 9.15. The second-order valence-electron chi connectivity index (χ2n) is 4.41. The fraction of sp³-hybridized carbons (Fsp3) is 0.385. The summed E-state index contributed by atoms with van der Waals surface area (Å²) in [5.41, 5.74) is 4.88. The van der Waals surface area contributed by atoms with E-state index in [1.807, 2.05) is 12.1 Å². The second-order valence-corrected chi connectivity index (χ2v) is 5.89. The smallest absolute Gasteiger partial charge is 0.248 e. The minimum atomic E-state index is -0.215. The molecule has 0 aliphatic heterocycles. The number of carbonyl (C=O) groups excluding carboxylic acids is 2. The molecule has 0 heterocycles. The molecule has 2 amide bonds. The topological polar surface area (TPSA) is 58.2 Å². The van der Waals surface area contributed by atoms with Gasteiger partial charge < -0.3 is 0 Å². The third-order valence-corrected chi connectivity index (χ3v) is 4.25. The van der Waals surface area contributed by atoms with Crippen molar-refractivity contribution in [2.24, 2.45) is 5.92 Å². The van der Waals surface area contributed by atoms with Crippen LogP contribution in [0, 0.1) is 5.92 Å². The lowest BCUT2D eigenvalue weighted by atomic mass is 9.85. The number of benzene rings is 1. The number of halogens is 1. The molecule has 19 heavy (non-hydrogen) atoms. The van der Waals surface area contributed by atoms with Crippen LogP contribution >= 0.6 is 23.4 Å². The third-order valence-electron chi connectivity index (χ3n) is 2.98. The highest BCUT2D eigenvalue weighted by molar-refractivity contribution is 8.00. The highest BCUT2D eigenvalue weighted by Crippen LogP contribution is 2.25. The standard InChI is InChI=1S/C13H15ClN2O2S/c14-10-4-6-11(7-5-10)19-8-12(17)15-16-13(18)9-2-1-3-9/h4-7,9H,1-3,8H2,(H,15,17)(H,16,18). The molecule has 0 saturated heterocycles. The van der Waals surface area contributed by atoms with E-state index in [9.17, 15) is 9.59 Å². The van der Waals surface area contributed by atoms with E-state index in [4.69, 9.17) is 11.6 Å². The summed E-state index contributed by atoms with van der Waals surface area (Å²) in [5.74, 6) is 0.0278. The van der Waals surface area contributed by atoms with E-state index < -0.39 is 0 Å². The Labute approximate surface area is 121 Å². The van der Waals surface area contributed by atoms with E-state index in [-0.39, 0.29) is 23.5 Å². The van der Waals surface area contributed by atoms with E-state index in [2.05, 4.69) is 10.9 Å². The molecule has 0 unspecified atom stereocenters. The monoisotopic (exact) mass is 298 g/mol. The Hall–Kier alpha value is -1.20. The van der Waals surface area contributed by atoms with Crippen LogP contribution in [-0.4, -0.2) is 17.6 Å². The SMILES string of the molecule is O=C(CSc1ccc(Cl)cc1)NNC(=O)C1CCC1. The van der Waals surface area contributed by atoms with Crippen molar-refractivity contribution in [3.05, 3.63) is 29.3 Å². The Bertz CT molecular complexity index is 460. The Kier molecular flexibility index (Phi) is 5.10. The molecular formula is C13H15ClN2O2S. The van der Waals surface area contributed by atoms with Crippen molar-refractivity contribution in [3.63, 3.8) is 0 Å². The molecule has 0 atom stereocenters. The molecule has 1 aromatic carbocycles. The maximum atomic E-state index is 11.5. The molecule has 2 rings (SSSR count). The van der Waals surface area contributed by atoms with Gasteiger partial charge in [-0.25, -0.2) is 0 Å². The first-order valence-corrected chi connectivity index (χ1v) is 7.48. The highest BCUT2D eigenvalue weighted by atomic mass is 35.5. The number of amides is 2. The highest BCUT2D eigenvalue weighted by Gasteiger charge is 2.25. The number of nitrogens with one attached hydrogen (secondary N) is 2. The van der Waals surface area contributed by atoms with E-state index >= 15 is 0 Å². The van der Waals surface area contributed by atoms with Gasteiger partial charge in [0.25, 0.3) is 0 Å². The molecule has 4 nitrogen and oxygen atoms in total. The van der Waals surface area contributed by atoms with E-state index in [0.717, 1.165) is 24.2 Å². The van der Waals surface area contributed by atoms with Crippen LogP contribution in [0.2, 0.25) is 5.02 Å². The predicted octanol–water partition coefficient (Wildman–Crippen LogP) is 2.38. The van der Waals surface area contributed by atoms with Crippen LogP contribution < -0.4 is 10.9 Å². The van der Waals surface area contributed by atoms with Crippen molar-refractivity contribution < 1.29 is 9.59 Å². The zero-order chi connectivity index (χ0) is 13.7. The normalized spacial score (nSPS) is 14.6. The van der Waals surface area contributed by atoms with Crippen molar-refractivity contribution in [1.29, 1.82) is 0 Å². The van der Waals surface area contributed by atoms with Crippen molar-refractivity contribution in [2.75, 3.05) is 5.75 Å². The summed E-state index contributed by atoms with van der Waals surface area (Å²) in [6.45, 7) is 0. The fourth-order valence-corrected chi connectivity index (χ4v) is 2.44. The molecule has 2 N–H and O–H groups in total. The molecule has 1 aliphatic carbocycles. The molecule has 6 heteroatoms. The quantitative estimate of drug-likeness (QED) is 0.663. The molecule has 0 radical (unpaired) electrons. The minimum Gasteiger partial charge on any atom is -0.273 e. The van der Waals surface area contributed by atoms with Crippen LogP contribution in [0.5, 0.6) is 0 Å². The molecule has 1 aliphatic rings. The maximum absolute atomic E-state index is 11.5.